The van der Waals surface area contributed by atoms with Gasteiger partial charge in [-0.2, -0.15) is 0 Å². The van der Waals surface area contributed by atoms with Gasteiger partial charge in [0, 0.05) is 63.1 Å². The quantitative estimate of drug-likeness (QED) is 0.346. The Hall–Kier alpha value is -3.76. The molecule has 1 saturated heterocycles. The number of carbonyl (C=O) groups excluding carboxylic acids is 2. The highest BCUT2D eigenvalue weighted by molar-refractivity contribution is 5.94. The molecule has 0 aliphatic carbocycles. The van der Waals surface area contributed by atoms with Crippen LogP contribution >= 0.6 is 0 Å². The van der Waals surface area contributed by atoms with E-state index in [1.54, 1.807) is 18.5 Å². The summed E-state index contributed by atoms with van der Waals surface area (Å²) in [5.41, 5.74) is 5.02. The largest absolute Gasteiger partial charge is 0.485 e. The Morgan fingerprint density at radius 2 is 2.12 bits per heavy atom. The van der Waals surface area contributed by atoms with E-state index in [4.69, 9.17) is 9.15 Å². The molecule has 2 aromatic heterocycles. The molecule has 1 aromatic carbocycles. The van der Waals surface area contributed by atoms with Gasteiger partial charge in [0.05, 0.1) is 12.3 Å². The summed E-state index contributed by atoms with van der Waals surface area (Å²) in [6.45, 7) is 8.13. The number of hydrogen-bond acceptors (Lipinski definition) is 8. The molecule has 2 aliphatic heterocycles. The summed E-state index contributed by atoms with van der Waals surface area (Å²) in [7, 11) is 0. The number of benzene rings is 1. The number of aromatic nitrogens is 2. The van der Waals surface area contributed by atoms with E-state index >= 15 is 0 Å². The zero-order chi connectivity index (χ0) is 28.8. The van der Waals surface area contributed by atoms with E-state index in [1.807, 2.05) is 24.0 Å². The van der Waals surface area contributed by atoms with Gasteiger partial charge in [-0.05, 0) is 67.0 Å². The van der Waals surface area contributed by atoms with Crippen molar-refractivity contribution in [2.24, 2.45) is 5.92 Å². The lowest BCUT2D eigenvalue weighted by Crippen LogP contribution is -2.50. The second-order valence-electron chi connectivity index (χ2n) is 11.1. The minimum Gasteiger partial charge on any atom is -0.485 e. The van der Waals surface area contributed by atoms with Crippen LogP contribution in [0, 0.1) is 12.8 Å². The molecule has 2 N–H and O–H groups in total. The van der Waals surface area contributed by atoms with Crippen molar-refractivity contribution in [1.29, 1.82) is 0 Å². The molecule has 10 heteroatoms. The normalized spacial score (nSPS) is 16.1. The zero-order valence-corrected chi connectivity index (χ0v) is 23.8. The van der Waals surface area contributed by atoms with E-state index in [2.05, 4.69) is 33.2 Å². The second-order valence-corrected chi connectivity index (χ2v) is 11.1. The van der Waals surface area contributed by atoms with Crippen molar-refractivity contribution < 1.29 is 23.8 Å². The Labute approximate surface area is 240 Å². The predicted octanol–water partition coefficient (Wildman–Crippen LogP) is 2.91. The molecule has 10 nitrogen and oxygen atoms in total. The molecule has 2 aliphatic rings. The average Bonchev–Trinajstić information content (AvgIpc) is 3.47. The van der Waals surface area contributed by atoms with Crippen LogP contribution in [-0.4, -0.2) is 75.5 Å². The lowest BCUT2D eigenvalue weighted by Gasteiger charge is -2.39. The minimum absolute atomic E-state index is 0.171. The van der Waals surface area contributed by atoms with Gasteiger partial charge in [0.2, 0.25) is 5.91 Å². The molecule has 1 fully saturated rings. The zero-order valence-electron chi connectivity index (χ0n) is 23.8. The Morgan fingerprint density at radius 1 is 1.27 bits per heavy atom. The Bertz CT molecular complexity index is 1340. The number of amides is 2. The van der Waals surface area contributed by atoms with Crippen LogP contribution in [-0.2, 0) is 30.8 Å². The summed E-state index contributed by atoms with van der Waals surface area (Å²) in [6.07, 6.45) is 7.07. The maximum absolute atomic E-state index is 12.8. The van der Waals surface area contributed by atoms with Crippen LogP contribution in [0.15, 0.2) is 47.5 Å². The third kappa shape index (κ3) is 7.31. The lowest BCUT2D eigenvalue weighted by molar-refractivity contribution is -0.137. The number of oxazole rings is 1. The summed E-state index contributed by atoms with van der Waals surface area (Å²) in [5, 5.41) is 13.6. The fourth-order valence-corrected chi connectivity index (χ4v) is 5.63. The molecular weight excluding hydrogens is 522 g/mol. The third-order valence-corrected chi connectivity index (χ3v) is 7.89. The number of β-amino-alcohol motifs (C(OH)–C–C–N with tert-alkyl or cyclic N) is 1. The van der Waals surface area contributed by atoms with Crippen molar-refractivity contribution in [3.63, 3.8) is 0 Å². The molecule has 1 atom stereocenters. The number of aliphatic hydroxyl groups is 1. The first-order valence-corrected chi connectivity index (χ1v) is 14.4. The van der Waals surface area contributed by atoms with Gasteiger partial charge in [-0.1, -0.05) is 13.0 Å². The highest BCUT2D eigenvalue weighted by Crippen LogP contribution is 2.30. The van der Waals surface area contributed by atoms with E-state index in [9.17, 15) is 14.7 Å². The summed E-state index contributed by atoms with van der Waals surface area (Å²) >= 11 is 0. The Kier molecular flexibility index (Phi) is 9.31. The van der Waals surface area contributed by atoms with Crippen LogP contribution < -0.4 is 10.1 Å². The van der Waals surface area contributed by atoms with E-state index in [-0.39, 0.29) is 18.4 Å². The summed E-state index contributed by atoms with van der Waals surface area (Å²) < 4.78 is 11.2. The van der Waals surface area contributed by atoms with Gasteiger partial charge in [-0.3, -0.25) is 19.5 Å². The van der Waals surface area contributed by atoms with Gasteiger partial charge in [0.1, 0.15) is 12.4 Å². The standard InChI is InChI=1S/C31H39N5O5/c1-3-4-30(38)36-15-22(16-36)11-25-12-23(7-9-33-25)31(39)34-13-26(37)18-35-10-8-28-21(2)29(6-5-24(28)17-35)40-19-27-14-32-20-41-27/h5-7,9,12,14,20,22,26,37H,3-4,8,10-11,13,15-19H2,1-2H3,(H,34,39)/t26-/m0/s1. The van der Waals surface area contributed by atoms with Gasteiger partial charge in [0.25, 0.3) is 5.91 Å². The van der Waals surface area contributed by atoms with Gasteiger partial charge >= 0.3 is 0 Å². The number of aliphatic hydroxyl groups excluding tert-OH is 1. The first-order chi connectivity index (χ1) is 19.9. The summed E-state index contributed by atoms with van der Waals surface area (Å²) in [5.74, 6) is 1.89. The van der Waals surface area contributed by atoms with Gasteiger partial charge in [0.15, 0.2) is 12.2 Å². The van der Waals surface area contributed by atoms with Gasteiger partial charge in [-0.25, -0.2) is 4.98 Å². The molecule has 4 heterocycles. The predicted molar refractivity (Wildman–Crippen MR) is 152 cm³/mol. The van der Waals surface area contributed by atoms with Crippen LogP contribution in [0.5, 0.6) is 5.75 Å². The molecule has 218 valence electrons. The fraction of sp³-hybridized carbons (Fsp3) is 0.484. The molecule has 0 spiro atoms. The van der Waals surface area contributed by atoms with Crippen LogP contribution in [0.1, 0.15) is 58.3 Å². The molecule has 2 amide bonds. The van der Waals surface area contributed by atoms with E-state index in [1.165, 1.54) is 17.5 Å². The van der Waals surface area contributed by atoms with Crippen molar-refractivity contribution in [2.45, 2.75) is 58.8 Å². The first-order valence-electron chi connectivity index (χ1n) is 14.4. The van der Waals surface area contributed by atoms with Crippen molar-refractivity contribution in [2.75, 3.05) is 32.7 Å². The van der Waals surface area contributed by atoms with Crippen molar-refractivity contribution in [1.82, 2.24) is 25.1 Å². The highest BCUT2D eigenvalue weighted by atomic mass is 16.5. The highest BCUT2D eigenvalue weighted by Gasteiger charge is 2.30. The summed E-state index contributed by atoms with van der Waals surface area (Å²) in [6, 6.07) is 7.58. The van der Waals surface area contributed by atoms with Crippen molar-refractivity contribution >= 4 is 11.8 Å². The monoisotopic (exact) mass is 561 g/mol. The first kappa shape index (κ1) is 28.8. The molecule has 0 bridgehead atoms. The lowest BCUT2D eigenvalue weighted by atomic mass is 9.93. The maximum Gasteiger partial charge on any atom is 0.251 e. The summed E-state index contributed by atoms with van der Waals surface area (Å²) in [4.78, 5) is 37.2. The maximum atomic E-state index is 12.8. The van der Waals surface area contributed by atoms with E-state index in [0.717, 1.165) is 62.4 Å². The fourth-order valence-electron chi connectivity index (χ4n) is 5.63. The number of fused-ring (bicyclic) bond motifs is 1. The van der Waals surface area contributed by atoms with E-state index in [0.29, 0.717) is 36.8 Å². The van der Waals surface area contributed by atoms with Gasteiger partial charge in [-0.15, -0.1) is 0 Å². The van der Waals surface area contributed by atoms with Crippen molar-refractivity contribution in [3.05, 3.63) is 76.8 Å². The van der Waals surface area contributed by atoms with Crippen LogP contribution in [0.3, 0.4) is 0 Å². The Morgan fingerprint density at radius 3 is 2.90 bits per heavy atom. The average molecular weight is 562 g/mol. The Balaban J connectivity index is 1.06. The molecule has 41 heavy (non-hydrogen) atoms. The van der Waals surface area contributed by atoms with Crippen LogP contribution in [0.4, 0.5) is 0 Å². The number of pyridine rings is 1. The topological polar surface area (TPSA) is 121 Å². The van der Waals surface area contributed by atoms with E-state index < -0.39 is 6.10 Å². The number of rotatable bonds is 12. The number of nitrogens with zero attached hydrogens (tertiary/aromatic N) is 4. The number of ether oxygens (including phenoxy) is 1. The molecule has 0 saturated carbocycles. The molecular formula is C31H39N5O5. The van der Waals surface area contributed by atoms with Crippen LogP contribution in [0.2, 0.25) is 0 Å². The number of nitrogens with one attached hydrogen (secondary N) is 1. The number of carbonyl (C=O) groups is 2. The van der Waals surface area contributed by atoms with Gasteiger partial charge < -0.3 is 24.5 Å². The second kappa shape index (κ2) is 13.3. The molecule has 0 radical (unpaired) electrons. The third-order valence-electron chi connectivity index (χ3n) is 7.89. The molecule has 5 rings (SSSR count). The number of likely N-dealkylation sites (tertiary alicyclic amines) is 1. The molecule has 3 aromatic rings. The number of hydrogen-bond donors (Lipinski definition) is 2. The minimum atomic E-state index is -0.686. The molecule has 0 unspecified atom stereocenters. The van der Waals surface area contributed by atoms with Crippen molar-refractivity contribution in [3.8, 4) is 5.75 Å². The SMILES string of the molecule is CCCC(=O)N1CC(Cc2cc(C(=O)NC[C@H](O)CN3CCc4c(ccc(OCc5cnco5)c4C)C3)ccn2)C1. The van der Waals surface area contributed by atoms with Crippen LogP contribution in [0.25, 0.3) is 0 Å². The smallest absolute Gasteiger partial charge is 0.251 e.